The number of benzene rings is 1. The Labute approximate surface area is 118 Å². The van der Waals surface area contributed by atoms with E-state index >= 15 is 0 Å². The third-order valence-electron chi connectivity index (χ3n) is 2.49. The van der Waals surface area contributed by atoms with E-state index in [0.29, 0.717) is 5.56 Å². The number of aromatic hydroxyl groups is 1. The lowest BCUT2D eigenvalue weighted by molar-refractivity contribution is 0.0932. The Morgan fingerprint density at radius 1 is 1.53 bits per heavy atom. The fraction of sp³-hybridized carbons (Fsp3) is 0.417. The van der Waals surface area contributed by atoms with Crippen LogP contribution >= 0.6 is 31.9 Å². The molecular weight excluding hydrogens is 350 g/mol. The molecule has 2 N–H and O–H groups in total. The summed E-state index contributed by atoms with van der Waals surface area (Å²) in [6.07, 6.45) is 1.74. The second kappa shape index (κ2) is 7.01. The van der Waals surface area contributed by atoms with E-state index in [4.69, 9.17) is 0 Å². The van der Waals surface area contributed by atoms with Crippen molar-refractivity contribution in [2.45, 2.75) is 25.8 Å². The van der Waals surface area contributed by atoms with E-state index < -0.39 is 0 Å². The summed E-state index contributed by atoms with van der Waals surface area (Å²) in [6, 6.07) is 4.94. The summed E-state index contributed by atoms with van der Waals surface area (Å²) in [5, 5.41) is 13.4. The van der Waals surface area contributed by atoms with Crippen LogP contribution in [-0.4, -0.2) is 22.4 Å². The second-order valence-electron chi connectivity index (χ2n) is 3.72. The molecule has 0 fully saturated rings. The number of nitrogens with one attached hydrogen (secondary N) is 1. The first kappa shape index (κ1) is 14.5. The van der Waals surface area contributed by atoms with Gasteiger partial charge in [0, 0.05) is 15.8 Å². The van der Waals surface area contributed by atoms with E-state index in [2.05, 4.69) is 37.2 Å². The van der Waals surface area contributed by atoms with Gasteiger partial charge in [-0.25, -0.2) is 0 Å². The van der Waals surface area contributed by atoms with E-state index in [1.165, 1.54) is 6.07 Å². The lowest BCUT2D eigenvalue weighted by Gasteiger charge is -2.16. The van der Waals surface area contributed by atoms with Crippen molar-refractivity contribution in [3.8, 4) is 5.75 Å². The highest BCUT2D eigenvalue weighted by atomic mass is 79.9. The maximum atomic E-state index is 12.0. The van der Waals surface area contributed by atoms with Crippen LogP contribution < -0.4 is 5.32 Å². The third kappa shape index (κ3) is 4.32. The summed E-state index contributed by atoms with van der Waals surface area (Å²) in [6.45, 7) is 2.02. The van der Waals surface area contributed by atoms with Gasteiger partial charge in [0.15, 0.2) is 0 Å². The van der Waals surface area contributed by atoms with E-state index in [9.17, 15) is 9.90 Å². The maximum Gasteiger partial charge on any atom is 0.255 e. The van der Waals surface area contributed by atoms with Crippen LogP contribution in [0.3, 0.4) is 0 Å². The average Bonchev–Trinajstić information content (AvgIpc) is 2.31. The number of alkyl halides is 1. The normalized spacial score (nSPS) is 12.2. The number of phenols is 1. The van der Waals surface area contributed by atoms with Gasteiger partial charge in [-0.3, -0.25) is 4.79 Å². The molecule has 0 bridgehead atoms. The predicted octanol–water partition coefficient (Wildman–Crippen LogP) is 3.45. The molecule has 0 aliphatic carbocycles. The Hall–Kier alpha value is -0.550. The summed E-state index contributed by atoms with van der Waals surface area (Å²) in [4.78, 5) is 12.0. The number of hydrogen-bond acceptors (Lipinski definition) is 2. The highest BCUT2D eigenvalue weighted by Gasteiger charge is 2.15. The van der Waals surface area contributed by atoms with Gasteiger partial charge in [0.2, 0.25) is 0 Å². The van der Waals surface area contributed by atoms with Gasteiger partial charge in [-0.05, 0) is 31.0 Å². The average molecular weight is 365 g/mol. The highest BCUT2D eigenvalue weighted by Crippen LogP contribution is 2.22. The van der Waals surface area contributed by atoms with Crippen molar-refractivity contribution < 1.29 is 9.90 Å². The molecule has 0 spiro atoms. The van der Waals surface area contributed by atoms with Crippen LogP contribution in [0.1, 0.15) is 30.1 Å². The topological polar surface area (TPSA) is 49.3 Å². The van der Waals surface area contributed by atoms with Crippen molar-refractivity contribution in [1.82, 2.24) is 5.32 Å². The second-order valence-corrected chi connectivity index (χ2v) is 5.43. The van der Waals surface area contributed by atoms with Gasteiger partial charge in [-0.15, -0.1) is 0 Å². The number of halogens is 2. The molecule has 1 atom stereocenters. The van der Waals surface area contributed by atoms with Gasteiger partial charge in [0.25, 0.3) is 5.91 Å². The SMILES string of the molecule is CCC(CCBr)NC(=O)c1cc(Br)ccc1O. The Balaban J connectivity index is 2.78. The molecule has 0 heterocycles. The number of rotatable bonds is 5. The lowest BCUT2D eigenvalue weighted by Crippen LogP contribution is -2.34. The van der Waals surface area contributed by atoms with E-state index in [0.717, 1.165) is 22.6 Å². The molecule has 5 heteroatoms. The van der Waals surface area contributed by atoms with Gasteiger partial charge in [-0.1, -0.05) is 38.8 Å². The predicted molar refractivity (Wildman–Crippen MR) is 75.8 cm³/mol. The van der Waals surface area contributed by atoms with Crippen molar-refractivity contribution in [3.63, 3.8) is 0 Å². The summed E-state index contributed by atoms with van der Waals surface area (Å²) in [5.74, 6) is -0.240. The fourth-order valence-electron chi connectivity index (χ4n) is 1.46. The van der Waals surface area contributed by atoms with Gasteiger partial charge >= 0.3 is 0 Å². The molecule has 1 rings (SSSR count). The minimum Gasteiger partial charge on any atom is -0.507 e. The molecular formula is C12H15Br2NO2. The largest absolute Gasteiger partial charge is 0.507 e. The van der Waals surface area contributed by atoms with Gasteiger partial charge < -0.3 is 10.4 Å². The first-order valence-electron chi connectivity index (χ1n) is 5.43. The summed E-state index contributed by atoms with van der Waals surface area (Å²) in [7, 11) is 0. The van der Waals surface area contributed by atoms with Crippen LogP contribution in [0.25, 0.3) is 0 Å². The molecule has 94 valence electrons. The summed E-state index contributed by atoms with van der Waals surface area (Å²) in [5.41, 5.74) is 0.299. The molecule has 0 aromatic heterocycles. The first-order valence-corrected chi connectivity index (χ1v) is 7.35. The molecule has 3 nitrogen and oxygen atoms in total. The minimum atomic E-state index is -0.239. The van der Waals surface area contributed by atoms with Gasteiger partial charge in [0.1, 0.15) is 5.75 Å². The minimum absolute atomic E-state index is 0.000560. The zero-order chi connectivity index (χ0) is 12.8. The molecule has 0 saturated heterocycles. The molecule has 17 heavy (non-hydrogen) atoms. The van der Waals surface area contributed by atoms with Crippen LogP contribution in [0.2, 0.25) is 0 Å². The van der Waals surface area contributed by atoms with Crippen LogP contribution in [0, 0.1) is 0 Å². The fourth-order valence-corrected chi connectivity index (χ4v) is 2.38. The van der Waals surface area contributed by atoms with E-state index in [1.807, 2.05) is 6.92 Å². The number of carbonyl (C=O) groups is 1. The molecule has 1 aromatic carbocycles. The van der Waals surface area contributed by atoms with Crippen LogP contribution in [-0.2, 0) is 0 Å². The van der Waals surface area contributed by atoms with Gasteiger partial charge in [0.05, 0.1) is 5.56 Å². The number of phenolic OH excluding ortho intramolecular Hbond substituents is 1. The Morgan fingerprint density at radius 3 is 2.82 bits per heavy atom. The smallest absolute Gasteiger partial charge is 0.255 e. The summed E-state index contributed by atoms with van der Waals surface area (Å²) >= 11 is 6.63. The Morgan fingerprint density at radius 2 is 2.24 bits per heavy atom. The van der Waals surface area contributed by atoms with E-state index in [1.54, 1.807) is 12.1 Å². The molecule has 1 aromatic rings. The molecule has 1 amide bonds. The zero-order valence-corrected chi connectivity index (χ0v) is 12.7. The number of carbonyl (C=O) groups excluding carboxylic acids is 1. The third-order valence-corrected chi connectivity index (χ3v) is 3.44. The Bertz CT molecular complexity index is 396. The van der Waals surface area contributed by atoms with Crippen molar-refractivity contribution in [1.29, 1.82) is 0 Å². The Kier molecular flexibility index (Phi) is 5.98. The lowest BCUT2D eigenvalue weighted by atomic mass is 10.1. The maximum absolute atomic E-state index is 12.0. The number of hydrogen-bond donors (Lipinski definition) is 2. The standard InChI is InChI=1S/C12H15Br2NO2/c1-2-9(5-6-13)15-12(17)10-7-8(14)3-4-11(10)16/h3-4,7,9,16H,2,5-6H2,1H3,(H,15,17). The van der Waals surface area contributed by atoms with Crippen molar-refractivity contribution in [3.05, 3.63) is 28.2 Å². The number of amides is 1. The van der Waals surface area contributed by atoms with Crippen molar-refractivity contribution in [2.24, 2.45) is 0 Å². The van der Waals surface area contributed by atoms with Crippen LogP contribution in [0.4, 0.5) is 0 Å². The molecule has 0 radical (unpaired) electrons. The molecule has 0 aliphatic rings. The van der Waals surface area contributed by atoms with Crippen molar-refractivity contribution >= 4 is 37.8 Å². The van der Waals surface area contributed by atoms with Crippen LogP contribution in [0.15, 0.2) is 22.7 Å². The van der Waals surface area contributed by atoms with Gasteiger partial charge in [-0.2, -0.15) is 0 Å². The van der Waals surface area contributed by atoms with E-state index in [-0.39, 0.29) is 17.7 Å². The molecule has 0 saturated carbocycles. The zero-order valence-electron chi connectivity index (χ0n) is 9.54. The highest BCUT2D eigenvalue weighted by molar-refractivity contribution is 9.10. The molecule has 1 unspecified atom stereocenters. The monoisotopic (exact) mass is 363 g/mol. The first-order chi connectivity index (χ1) is 8.08. The van der Waals surface area contributed by atoms with Crippen LogP contribution in [0.5, 0.6) is 5.75 Å². The molecule has 0 aliphatic heterocycles. The summed E-state index contributed by atoms with van der Waals surface area (Å²) < 4.78 is 0.772. The quantitative estimate of drug-likeness (QED) is 0.786. The van der Waals surface area contributed by atoms with Crippen molar-refractivity contribution in [2.75, 3.05) is 5.33 Å².